The fourth-order valence-corrected chi connectivity index (χ4v) is 1.72. The molecule has 0 N–H and O–H groups in total. The summed E-state index contributed by atoms with van der Waals surface area (Å²) in [6.45, 7) is 4.06. The van der Waals surface area contributed by atoms with Crippen molar-refractivity contribution in [2.45, 2.75) is 0 Å². The lowest BCUT2D eigenvalue weighted by Crippen LogP contribution is -2.31. The van der Waals surface area contributed by atoms with E-state index in [0.29, 0.717) is 22.9 Å². The van der Waals surface area contributed by atoms with E-state index in [1.807, 2.05) is 6.07 Å². The molecule has 0 saturated carbocycles. The van der Waals surface area contributed by atoms with Gasteiger partial charge in [0, 0.05) is 18.9 Å². The van der Waals surface area contributed by atoms with Gasteiger partial charge >= 0.3 is 0 Å². The summed E-state index contributed by atoms with van der Waals surface area (Å²) in [5, 5.41) is 0.355. The van der Waals surface area contributed by atoms with Gasteiger partial charge < -0.3 is 4.90 Å². The molecule has 2 rings (SSSR count). The number of anilines is 1. The Bertz CT molecular complexity index is 569. The van der Waals surface area contributed by atoms with Gasteiger partial charge in [-0.05, 0) is 24.3 Å². The van der Waals surface area contributed by atoms with Crippen LogP contribution in [0.4, 0.5) is 5.69 Å². The molecule has 0 saturated heterocycles. The quantitative estimate of drug-likeness (QED) is 0.635. The molecule has 0 aliphatic heterocycles. The molecular weight excluding hydrogens is 262 g/mol. The third-order valence-electron chi connectivity index (χ3n) is 2.49. The number of rotatable bonds is 4. The van der Waals surface area contributed by atoms with Crippen LogP contribution in [0.15, 0.2) is 55.5 Å². The molecule has 0 aromatic carbocycles. The van der Waals surface area contributed by atoms with Crippen LogP contribution < -0.4 is 4.90 Å². The zero-order valence-electron chi connectivity index (χ0n) is 10.2. The molecule has 5 heteroatoms. The molecule has 96 valence electrons. The predicted octanol–water partition coefficient (Wildman–Crippen LogP) is 2.96. The molecule has 2 heterocycles. The van der Waals surface area contributed by atoms with Crippen LogP contribution in [-0.2, 0) is 0 Å². The van der Waals surface area contributed by atoms with Crippen molar-refractivity contribution in [3.05, 3.63) is 66.2 Å². The average molecular weight is 274 g/mol. The first-order valence-corrected chi connectivity index (χ1v) is 6.04. The highest BCUT2D eigenvalue weighted by Crippen LogP contribution is 2.16. The lowest BCUT2D eigenvalue weighted by Gasteiger charge is -2.20. The summed E-state index contributed by atoms with van der Waals surface area (Å²) in [6.07, 6.45) is 6.40. The highest BCUT2D eigenvalue weighted by molar-refractivity contribution is 6.29. The van der Waals surface area contributed by atoms with Crippen LogP contribution in [0.25, 0.3) is 0 Å². The zero-order chi connectivity index (χ0) is 13.7. The minimum Gasteiger partial charge on any atom is -0.303 e. The molecule has 2 aromatic rings. The lowest BCUT2D eigenvalue weighted by molar-refractivity contribution is 0.0989. The molecule has 1 amide bonds. The summed E-state index contributed by atoms with van der Waals surface area (Å²) in [5.41, 5.74) is 1.18. The first kappa shape index (κ1) is 13.2. The third kappa shape index (κ3) is 3.17. The summed E-state index contributed by atoms with van der Waals surface area (Å²) < 4.78 is 0. The Morgan fingerprint density at radius 3 is 2.79 bits per heavy atom. The Labute approximate surface area is 116 Å². The SMILES string of the molecule is C=CCN(C(=O)c1ccc(Cl)nc1)c1cccnc1. The van der Waals surface area contributed by atoms with Gasteiger partial charge in [-0.1, -0.05) is 17.7 Å². The van der Waals surface area contributed by atoms with Crippen LogP contribution in [0.1, 0.15) is 10.4 Å². The van der Waals surface area contributed by atoms with E-state index in [1.165, 1.54) is 6.20 Å². The first-order chi connectivity index (χ1) is 9.22. The van der Waals surface area contributed by atoms with E-state index in [1.54, 1.807) is 41.6 Å². The minimum atomic E-state index is -0.169. The normalized spacial score (nSPS) is 9.95. The number of hydrogen-bond acceptors (Lipinski definition) is 3. The molecule has 0 atom stereocenters. The van der Waals surface area contributed by atoms with Gasteiger partial charge in [0.15, 0.2) is 0 Å². The van der Waals surface area contributed by atoms with Gasteiger partial charge in [-0.3, -0.25) is 9.78 Å². The predicted molar refractivity (Wildman–Crippen MR) is 75.4 cm³/mol. The van der Waals surface area contributed by atoms with Crippen molar-refractivity contribution >= 4 is 23.2 Å². The van der Waals surface area contributed by atoms with E-state index in [0.717, 1.165) is 0 Å². The molecular formula is C14H12ClN3O. The number of nitrogens with zero attached hydrogens (tertiary/aromatic N) is 3. The maximum absolute atomic E-state index is 12.4. The third-order valence-corrected chi connectivity index (χ3v) is 2.71. The lowest BCUT2D eigenvalue weighted by atomic mass is 10.2. The maximum Gasteiger partial charge on any atom is 0.260 e. The van der Waals surface area contributed by atoms with Gasteiger partial charge in [0.1, 0.15) is 5.15 Å². The van der Waals surface area contributed by atoms with Gasteiger partial charge in [-0.2, -0.15) is 0 Å². The second kappa shape index (κ2) is 6.11. The Kier molecular flexibility index (Phi) is 4.26. The molecule has 0 radical (unpaired) electrons. The summed E-state index contributed by atoms with van der Waals surface area (Å²) in [7, 11) is 0. The van der Waals surface area contributed by atoms with Gasteiger partial charge in [-0.25, -0.2) is 4.98 Å². The van der Waals surface area contributed by atoms with Crippen LogP contribution in [0, 0.1) is 0 Å². The van der Waals surface area contributed by atoms with Crippen molar-refractivity contribution in [1.29, 1.82) is 0 Å². The van der Waals surface area contributed by atoms with E-state index in [9.17, 15) is 4.79 Å². The monoisotopic (exact) mass is 273 g/mol. The van der Waals surface area contributed by atoms with Gasteiger partial charge in [-0.15, -0.1) is 6.58 Å². The number of carbonyl (C=O) groups is 1. The number of pyridine rings is 2. The Balaban J connectivity index is 2.31. The highest BCUT2D eigenvalue weighted by Gasteiger charge is 2.16. The Morgan fingerprint density at radius 2 is 2.21 bits per heavy atom. The van der Waals surface area contributed by atoms with Crippen LogP contribution in [-0.4, -0.2) is 22.4 Å². The van der Waals surface area contributed by atoms with Crippen molar-refractivity contribution in [2.24, 2.45) is 0 Å². The van der Waals surface area contributed by atoms with Crippen LogP contribution in [0.3, 0.4) is 0 Å². The van der Waals surface area contributed by atoms with Gasteiger partial charge in [0.2, 0.25) is 0 Å². The van der Waals surface area contributed by atoms with Gasteiger partial charge in [0.25, 0.3) is 5.91 Å². The molecule has 0 unspecified atom stereocenters. The summed E-state index contributed by atoms with van der Waals surface area (Å²) in [5.74, 6) is -0.169. The zero-order valence-corrected chi connectivity index (χ0v) is 10.9. The topological polar surface area (TPSA) is 46.1 Å². The summed E-state index contributed by atoms with van der Waals surface area (Å²) in [6, 6.07) is 6.82. The summed E-state index contributed by atoms with van der Waals surface area (Å²) >= 11 is 5.71. The first-order valence-electron chi connectivity index (χ1n) is 5.66. The number of aromatic nitrogens is 2. The molecule has 19 heavy (non-hydrogen) atoms. The number of amides is 1. The molecule has 4 nitrogen and oxygen atoms in total. The highest BCUT2D eigenvalue weighted by atomic mass is 35.5. The van der Waals surface area contributed by atoms with Crippen molar-refractivity contribution in [1.82, 2.24) is 9.97 Å². The molecule has 0 aliphatic rings. The molecule has 0 fully saturated rings. The standard InChI is InChI=1S/C14H12ClN3O/c1-2-8-18(12-4-3-7-16-10-12)14(19)11-5-6-13(15)17-9-11/h2-7,9-10H,1,8H2. The fourth-order valence-electron chi connectivity index (χ4n) is 1.61. The molecule has 0 aliphatic carbocycles. The van der Waals surface area contributed by atoms with Crippen LogP contribution in [0.5, 0.6) is 0 Å². The molecule has 2 aromatic heterocycles. The van der Waals surface area contributed by atoms with Crippen molar-refractivity contribution in [3.8, 4) is 0 Å². The average Bonchev–Trinajstić information content (AvgIpc) is 2.46. The minimum absolute atomic E-state index is 0.169. The van der Waals surface area contributed by atoms with E-state index in [4.69, 9.17) is 11.6 Å². The van der Waals surface area contributed by atoms with E-state index in [-0.39, 0.29) is 5.91 Å². The van der Waals surface area contributed by atoms with E-state index in [2.05, 4.69) is 16.5 Å². The van der Waals surface area contributed by atoms with Crippen LogP contribution >= 0.6 is 11.6 Å². The summed E-state index contributed by atoms with van der Waals surface area (Å²) in [4.78, 5) is 21.9. The van der Waals surface area contributed by atoms with Crippen LogP contribution in [0.2, 0.25) is 5.15 Å². The molecule has 0 bridgehead atoms. The van der Waals surface area contributed by atoms with Crippen molar-refractivity contribution in [2.75, 3.05) is 11.4 Å². The largest absolute Gasteiger partial charge is 0.303 e. The van der Waals surface area contributed by atoms with Crippen molar-refractivity contribution < 1.29 is 4.79 Å². The Hall–Kier alpha value is -2.20. The number of carbonyl (C=O) groups excluding carboxylic acids is 1. The second-order valence-corrected chi connectivity index (χ2v) is 4.17. The Morgan fingerprint density at radius 1 is 1.37 bits per heavy atom. The number of halogens is 1. The smallest absolute Gasteiger partial charge is 0.260 e. The van der Waals surface area contributed by atoms with Crippen molar-refractivity contribution in [3.63, 3.8) is 0 Å². The van der Waals surface area contributed by atoms with E-state index >= 15 is 0 Å². The molecule has 0 spiro atoms. The maximum atomic E-state index is 12.4. The van der Waals surface area contributed by atoms with Gasteiger partial charge in [0.05, 0.1) is 17.4 Å². The fraction of sp³-hybridized carbons (Fsp3) is 0.0714. The second-order valence-electron chi connectivity index (χ2n) is 3.79. The number of hydrogen-bond donors (Lipinski definition) is 0. The van der Waals surface area contributed by atoms with E-state index < -0.39 is 0 Å².